The SMILES string of the molecule is CCOc1ccc(NCc2ccc(O)c(O)c2)cc1CO. The van der Waals surface area contributed by atoms with Crippen LogP contribution in [-0.2, 0) is 13.2 Å². The van der Waals surface area contributed by atoms with Crippen LogP contribution in [0, 0.1) is 0 Å². The molecule has 0 atom stereocenters. The first-order valence-electron chi connectivity index (χ1n) is 6.75. The average Bonchev–Trinajstić information content (AvgIpc) is 2.49. The highest BCUT2D eigenvalue weighted by Crippen LogP contribution is 2.26. The second kappa shape index (κ2) is 6.85. The Kier molecular flexibility index (Phi) is 4.90. The highest BCUT2D eigenvalue weighted by molar-refractivity contribution is 5.52. The normalized spacial score (nSPS) is 10.4. The third-order valence-corrected chi connectivity index (χ3v) is 3.07. The van der Waals surface area contributed by atoms with Crippen LogP contribution in [0.15, 0.2) is 36.4 Å². The number of aliphatic hydroxyl groups excluding tert-OH is 1. The molecule has 5 heteroatoms. The Morgan fingerprint density at radius 3 is 2.52 bits per heavy atom. The van der Waals surface area contributed by atoms with E-state index in [9.17, 15) is 15.3 Å². The van der Waals surface area contributed by atoms with Gasteiger partial charge in [0.1, 0.15) is 5.75 Å². The summed E-state index contributed by atoms with van der Waals surface area (Å²) in [7, 11) is 0. The standard InChI is InChI=1S/C16H19NO4/c1-2-21-16-6-4-13(8-12(16)10-18)17-9-11-3-5-14(19)15(20)7-11/h3-8,17-20H,2,9-10H2,1H3. The van der Waals surface area contributed by atoms with Crippen LogP contribution < -0.4 is 10.1 Å². The van der Waals surface area contributed by atoms with Gasteiger partial charge in [0.2, 0.25) is 0 Å². The molecule has 112 valence electrons. The Balaban J connectivity index is 2.07. The van der Waals surface area contributed by atoms with Gasteiger partial charge in [0.05, 0.1) is 13.2 Å². The van der Waals surface area contributed by atoms with Gasteiger partial charge in [0.15, 0.2) is 11.5 Å². The molecule has 0 aliphatic rings. The molecule has 0 spiro atoms. The Morgan fingerprint density at radius 1 is 1.05 bits per heavy atom. The number of ether oxygens (including phenoxy) is 1. The number of hydrogen-bond donors (Lipinski definition) is 4. The molecule has 0 aromatic heterocycles. The van der Waals surface area contributed by atoms with E-state index in [1.165, 1.54) is 12.1 Å². The summed E-state index contributed by atoms with van der Waals surface area (Å²) in [5, 5.41) is 31.3. The molecule has 21 heavy (non-hydrogen) atoms. The lowest BCUT2D eigenvalue weighted by molar-refractivity contribution is 0.267. The number of rotatable bonds is 6. The number of nitrogens with one attached hydrogen (secondary N) is 1. The predicted molar refractivity (Wildman–Crippen MR) is 80.6 cm³/mol. The molecule has 5 nitrogen and oxygen atoms in total. The summed E-state index contributed by atoms with van der Waals surface area (Å²) in [6, 6.07) is 10.2. The molecule has 0 unspecified atom stereocenters. The van der Waals surface area contributed by atoms with Gasteiger partial charge in [-0.2, -0.15) is 0 Å². The lowest BCUT2D eigenvalue weighted by atomic mass is 10.1. The van der Waals surface area contributed by atoms with Gasteiger partial charge in [-0.3, -0.25) is 0 Å². The van der Waals surface area contributed by atoms with Crippen LogP contribution in [0.25, 0.3) is 0 Å². The van der Waals surface area contributed by atoms with Gasteiger partial charge in [-0.25, -0.2) is 0 Å². The van der Waals surface area contributed by atoms with Crippen molar-refractivity contribution < 1.29 is 20.1 Å². The van der Waals surface area contributed by atoms with E-state index in [4.69, 9.17) is 4.74 Å². The molecule has 0 aliphatic heterocycles. The molecular formula is C16H19NO4. The third-order valence-electron chi connectivity index (χ3n) is 3.07. The highest BCUT2D eigenvalue weighted by Gasteiger charge is 2.05. The summed E-state index contributed by atoms with van der Waals surface area (Å²) < 4.78 is 5.43. The fourth-order valence-electron chi connectivity index (χ4n) is 1.99. The van der Waals surface area contributed by atoms with Crippen molar-refractivity contribution in [2.75, 3.05) is 11.9 Å². The van der Waals surface area contributed by atoms with E-state index in [0.717, 1.165) is 16.8 Å². The van der Waals surface area contributed by atoms with Crippen LogP contribution in [0.4, 0.5) is 5.69 Å². The number of aromatic hydroxyl groups is 2. The van der Waals surface area contributed by atoms with Gasteiger partial charge in [-0.15, -0.1) is 0 Å². The van der Waals surface area contributed by atoms with Crippen LogP contribution in [0.5, 0.6) is 17.2 Å². The second-order valence-corrected chi connectivity index (χ2v) is 4.59. The number of aliphatic hydroxyl groups is 1. The van der Waals surface area contributed by atoms with Gasteiger partial charge in [0.25, 0.3) is 0 Å². The van der Waals surface area contributed by atoms with Crippen molar-refractivity contribution in [3.8, 4) is 17.2 Å². The minimum absolute atomic E-state index is 0.0924. The molecule has 0 saturated heterocycles. The van der Waals surface area contributed by atoms with Gasteiger partial charge in [0, 0.05) is 17.8 Å². The molecule has 0 amide bonds. The van der Waals surface area contributed by atoms with Gasteiger partial charge in [-0.05, 0) is 42.8 Å². The minimum Gasteiger partial charge on any atom is -0.504 e. The van der Waals surface area contributed by atoms with Crippen LogP contribution >= 0.6 is 0 Å². The van der Waals surface area contributed by atoms with E-state index >= 15 is 0 Å². The second-order valence-electron chi connectivity index (χ2n) is 4.59. The Bertz CT molecular complexity index is 613. The topological polar surface area (TPSA) is 82.0 Å². The number of phenolic OH excluding ortho intramolecular Hbond substituents is 2. The zero-order chi connectivity index (χ0) is 15.2. The molecule has 2 aromatic rings. The maximum atomic E-state index is 9.45. The molecule has 0 bridgehead atoms. The third kappa shape index (κ3) is 3.79. The molecule has 0 heterocycles. The first-order valence-corrected chi connectivity index (χ1v) is 6.75. The molecular weight excluding hydrogens is 270 g/mol. The summed E-state index contributed by atoms with van der Waals surface area (Å²) in [6.45, 7) is 2.84. The van der Waals surface area contributed by atoms with E-state index in [1.807, 2.05) is 25.1 Å². The van der Waals surface area contributed by atoms with Crippen LogP contribution in [-0.4, -0.2) is 21.9 Å². The van der Waals surface area contributed by atoms with Crippen molar-refractivity contribution in [2.45, 2.75) is 20.1 Å². The van der Waals surface area contributed by atoms with E-state index in [0.29, 0.717) is 18.9 Å². The molecule has 2 aromatic carbocycles. The average molecular weight is 289 g/mol. The van der Waals surface area contributed by atoms with Crippen LogP contribution in [0.2, 0.25) is 0 Å². The maximum Gasteiger partial charge on any atom is 0.157 e. The summed E-state index contributed by atoms with van der Waals surface area (Å²) in [5.41, 5.74) is 2.40. The number of benzene rings is 2. The lowest BCUT2D eigenvalue weighted by Crippen LogP contribution is -2.02. The van der Waals surface area contributed by atoms with Crippen LogP contribution in [0.3, 0.4) is 0 Å². The van der Waals surface area contributed by atoms with Crippen molar-refractivity contribution in [3.63, 3.8) is 0 Å². The largest absolute Gasteiger partial charge is 0.504 e. The quantitative estimate of drug-likeness (QED) is 0.615. The van der Waals surface area contributed by atoms with Gasteiger partial charge < -0.3 is 25.4 Å². The van der Waals surface area contributed by atoms with Crippen molar-refractivity contribution in [3.05, 3.63) is 47.5 Å². The lowest BCUT2D eigenvalue weighted by Gasteiger charge is -2.12. The summed E-state index contributed by atoms with van der Waals surface area (Å²) in [4.78, 5) is 0. The van der Waals surface area contributed by atoms with Crippen molar-refractivity contribution >= 4 is 5.69 Å². The Hall–Kier alpha value is -2.40. The molecule has 4 N–H and O–H groups in total. The van der Waals surface area contributed by atoms with E-state index in [2.05, 4.69) is 5.32 Å². The first-order chi connectivity index (χ1) is 10.1. The summed E-state index contributed by atoms with van der Waals surface area (Å²) in [6.07, 6.45) is 0. The van der Waals surface area contributed by atoms with Gasteiger partial charge in [-0.1, -0.05) is 6.07 Å². The zero-order valence-corrected chi connectivity index (χ0v) is 11.8. The first kappa shape index (κ1) is 15.0. The summed E-state index contributed by atoms with van der Waals surface area (Å²) in [5.74, 6) is 0.396. The smallest absolute Gasteiger partial charge is 0.157 e. The number of anilines is 1. The molecule has 0 saturated carbocycles. The van der Waals surface area contributed by atoms with Crippen molar-refractivity contribution in [2.24, 2.45) is 0 Å². The monoisotopic (exact) mass is 289 g/mol. The minimum atomic E-state index is -0.142. The predicted octanol–water partition coefficient (Wildman–Crippen LogP) is 2.60. The summed E-state index contributed by atoms with van der Waals surface area (Å²) >= 11 is 0. The fourth-order valence-corrected chi connectivity index (χ4v) is 1.99. The fraction of sp³-hybridized carbons (Fsp3) is 0.250. The van der Waals surface area contributed by atoms with Crippen molar-refractivity contribution in [1.82, 2.24) is 0 Å². The molecule has 0 aliphatic carbocycles. The Labute approximate surface area is 123 Å². The maximum absolute atomic E-state index is 9.45. The number of phenols is 2. The van der Waals surface area contributed by atoms with Gasteiger partial charge >= 0.3 is 0 Å². The van der Waals surface area contributed by atoms with E-state index in [-0.39, 0.29) is 18.1 Å². The highest BCUT2D eigenvalue weighted by atomic mass is 16.5. The zero-order valence-electron chi connectivity index (χ0n) is 11.8. The molecule has 0 fully saturated rings. The molecule has 2 rings (SSSR count). The molecule has 0 radical (unpaired) electrons. The van der Waals surface area contributed by atoms with Crippen LogP contribution in [0.1, 0.15) is 18.1 Å². The Morgan fingerprint density at radius 2 is 1.86 bits per heavy atom. The number of hydrogen-bond acceptors (Lipinski definition) is 5. The van der Waals surface area contributed by atoms with E-state index in [1.54, 1.807) is 6.07 Å². The van der Waals surface area contributed by atoms with E-state index < -0.39 is 0 Å². The van der Waals surface area contributed by atoms with Crippen molar-refractivity contribution in [1.29, 1.82) is 0 Å².